The topological polar surface area (TPSA) is 65.4 Å². The normalized spacial score (nSPS) is 10.8. The van der Waals surface area contributed by atoms with Crippen LogP contribution in [0.4, 0.5) is 0 Å². The molecule has 0 spiro atoms. The van der Waals surface area contributed by atoms with Gasteiger partial charge in [-0.25, -0.2) is 4.98 Å². The van der Waals surface area contributed by atoms with Gasteiger partial charge >= 0.3 is 0 Å². The Labute approximate surface area is 152 Å². The van der Waals surface area contributed by atoms with E-state index in [4.69, 9.17) is 9.47 Å². The molecule has 0 atom stereocenters. The molecule has 0 saturated carbocycles. The van der Waals surface area contributed by atoms with E-state index in [2.05, 4.69) is 10.3 Å². The molecule has 0 saturated heterocycles. The molecule has 2 aromatic carbocycles. The number of aromatic nitrogens is 2. The molecule has 1 heterocycles. The minimum Gasteiger partial charge on any atom is -0.486 e. The summed E-state index contributed by atoms with van der Waals surface area (Å²) in [5, 5.41) is 2.91. The minimum atomic E-state index is -0.0507. The van der Waals surface area contributed by atoms with Gasteiger partial charge in [0.2, 0.25) is 5.91 Å². The Kier molecular flexibility index (Phi) is 6.22. The van der Waals surface area contributed by atoms with Crippen LogP contribution in [0.3, 0.4) is 0 Å². The third-order valence-corrected chi connectivity index (χ3v) is 3.99. The number of imidazole rings is 1. The molecule has 3 rings (SSSR count). The van der Waals surface area contributed by atoms with Crippen LogP contribution in [0, 0.1) is 0 Å². The first kappa shape index (κ1) is 17.9. The zero-order valence-corrected chi connectivity index (χ0v) is 14.9. The predicted octanol–water partition coefficient (Wildman–Crippen LogP) is 2.77. The third-order valence-electron chi connectivity index (χ3n) is 3.99. The Balaban J connectivity index is 1.73. The Morgan fingerprint density at radius 2 is 1.88 bits per heavy atom. The van der Waals surface area contributed by atoms with Crippen LogP contribution in [0.1, 0.15) is 12.2 Å². The van der Waals surface area contributed by atoms with Gasteiger partial charge in [0.05, 0.1) is 11.0 Å². The molecule has 6 nitrogen and oxygen atoms in total. The summed E-state index contributed by atoms with van der Waals surface area (Å²) in [7, 11) is 1.65. The highest BCUT2D eigenvalue weighted by atomic mass is 16.5. The molecule has 0 aliphatic carbocycles. The lowest BCUT2D eigenvalue weighted by Gasteiger charge is -2.11. The van der Waals surface area contributed by atoms with Gasteiger partial charge in [-0.2, -0.15) is 0 Å². The van der Waals surface area contributed by atoms with Gasteiger partial charge in [-0.3, -0.25) is 4.79 Å². The highest BCUT2D eigenvalue weighted by Gasteiger charge is 2.14. The molecule has 6 heteroatoms. The van der Waals surface area contributed by atoms with E-state index in [-0.39, 0.29) is 12.5 Å². The Hall–Kier alpha value is -2.86. The van der Waals surface area contributed by atoms with E-state index in [9.17, 15) is 4.79 Å². The number of rotatable bonds is 9. The van der Waals surface area contributed by atoms with Crippen molar-refractivity contribution in [3.63, 3.8) is 0 Å². The number of amides is 1. The van der Waals surface area contributed by atoms with E-state index >= 15 is 0 Å². The molecule has 1 aromatic heterocycles. The molecule has 3 aromatic rings. The summed E-state index contributed by atoms with van der Waals surface area (Å²) in [6.07, 6.45) is 0.789. The van der Waals surface area contributed by atoms with Gasteiger partial charge in [0.25, 0.3) is 0 Å². The number of fused-ring (bicyclic) bond motifs is 1. The summed E-state index contributed by atoms with van der Waals surface area (Å²) in [5.41, 5.74) is 1.78. The fraction of sp³-hybridized carbons (Fsp3) is 0.300. The van der Waals surface area contributed by atoms with Crippen LogP contribution in [-0.4, -0.2) is 35.7 Å². The zero-order chi connectivity index (χ0) is 18.2. The SMILES string of the molecule is COCCCNC(=O)Cn1c(COc2ccccc2)nc2ccccc21. The van der Waals surface area contributed by atoms with Crippen molar-refractivity contribution >= 4 is 16.9 Å². The number of ether oxygens (including phenoxy) is 2. The monoisotopic (exact) mass is 353 g/mol. The summed E-state index contributed by atoms with van der Waals surface area (Å²) in [4.78, 5) is 16.9. The minimum absolute atomic E-state index is 0.0507. The maximum atomic E-state index is 12.3. The van der Waals surface area contributed by atoms with Crippen LogP contribution in [0.5, 0.6) is 5.75 Å². The van der Waals surface area contributed by atoms with Crippen LogP contribution in [0.2, 0.25) is 0 Å². The molecule has 0 unspecified atom stereocenters. The molecule has 1 amide bonds. The number of nitrogens with one attached hydrogen (secondary N) is 1. The van der Waals surface area contributed by atoms with Crippen molar-refractivity contribution in [2.24, 2.45) is 0 Å². The Bertz CT molecular complexity index is 846. The second-order valence-electron chi connectivity index (χ2n) is 5.90. The van der Waals surface area contributed by atoms with Gasteiger partial charge in [0.1, 0.15) is 24.7 Å². The van der Waals surface area contributed by atoms with Crippen molar-refractivity contribution in [2.75, 3.05) is 20.3 Å². The van der Waals surface area contributed by atoms with E-state index in [0.29, 0.717) is 19.8 Å². The molecule has 26 heavy (non-hydrogen) atoms. The number of para-hydroxylation sites is 3. The summed E-state index contributed by atoms with van der Waals surface area (Å²) < 4.78 is 12.7. The maximum Gasteiger partial charge on any atom is 0.240 e. The van der Waals surface area contributed by atoms with Gasteiger partial charge < -0.3 is 19.4 Å². The summed E-state index contributed by atoms with van der Waals surface area (Å²) in [5.74, 6) is 1.45. The smallest absolute Gasteiger partial charge is 0.240 e. The first-order valence-electron chi connectivity index (χ1n) is 8.65. The fourth-order valence-electron chi connectivity index (χ4n) is 2.72. The van der Waals surface area contributed by atoms with Crippen molar-refractivity contribution < 1.29 is 14.3 Å². The van der Waals surface area contributed by atoms with Gasteiger partial charge in [-0.15, -0.1) is 0 Å². The van der Waals surface area contributed by atoms with Crippen molar-refractivity contribution in [3.05, 3.63) is 60.4 Å². The summed E-state index contributed by atoms with van der Waals surface area (Å²) >= 11 is 0. The fourth-order valence-corrected chi connectivity index (χ4v) is 2.72. The molecule has 0 aliphatic rings. The summed E-state index contributed by atoms with van der Waals surface area (Å²) in [6.45, 7) is 1.73. The number of benzene rings is 2. The van der Waals surface area contributed by atoms with Crippen molar-refractivity contribution in [1.29, 1.82) is 0 Å². The van der Waals surface area contributed by atoms with Gasteiger partial charge in [-0.1, -0.05) is 30.3 Å². The van der Waals surface area contributed by atoms with Crippen LogP contribution < -0.4 is 10.1 Å². The van der Waals surface area contributed by atoms with E-state index in [1.807, 2.05) is 59.2 Å². The Morgan fingerprint density at radius 3 is 2.69 bits per heavy atom. The molecule has 0 aliphatic heterocycles. The van der Waals surface area contributed by atoms with E-state index in [1.54, 1.807) is 7.11 Å². The quantitative estimate of drug-likeness (QED) is 0.601. The van der Waals surface area contributed by atoms with Crippen molar-refractivity contribution in [3.8, 4) is 5.75 Å². The highest BCUT2D eigenvalue weighted by molar-refractivity contribution is 5.81. The number of carbonyl (C=O) groups excluding carboxylic acids is 1. The number of methoxy groups -OCH3 is 1. The number of hydrogen-bond donors (Lipinski definition) is 1. The van der Waals surface area contributed by atoms with E-state index < -0.39 is 0 Å². The number of nitrogens with zero attached hydrogens (tertiary/aromatic N) is 2. The number of hydrogen-bond acceptors (Lipinski definition) is 4. The summed E-state index contributed by atoms with van der Waals surface area (Å²) in [6, 6.07) is 17.4. The van der Waals surface area contributed by atoms with Crippen LogP contribution >= 0.6 is 0 Å². The van der Waals surface area contributed by atoms with Crippen molar-refractivity contribution in [1.82, 2.24) is 14.9 Å². The van der Waals surface area contributed by atoms with E-state index in [1.165, 1.54) is 0 Å². The molecule has 136 valence electrons. The zero-order valence-electron chi connectivity index (χ0n) is 14.9. The standard InChI is InChI=1S/C20H23N3O3/c1-25-13-7-12-21-20(24)14-23-18-11-6-5-10-17(18)22-19(23)15-26-16-8-3-2-4-9-16/h2-6,8-11H,7,12-15H2,1H3,(H,21,24). The largest absolute Gasteiger partial charge is 0.486 e. The van der Waals surface area contributed by atoms with Crippen LogP contribution in [0.15, 0.2) is 54.6 Å². The van der Waals surface area contributed by atoms with E-state index in [0.717, 1.165) is 29.0 Å². The van der Waals surface area contributed by atoms with Gasteiger partial charge in [0.15, 0.2) is 0 Å². The first-order valence-corrected chi connectivity index (χ1v) is 8.65. The average molecular weight is 353 g/mol. The van der Waals surface area contributed by atoms with Crippen LogP contribution in [-0.2, 0) is 22.7 Å². The van der Waals surface area contributed by atoms with Crippen LogP contribution in [0.25, 0.3) is 11.0 Å². The maximum absolute atomic E-state index is 12.3. The molecule has 0 fully saturated rings. The predicted molar refractivity (Wildman–Crippen MR) is 100 cm³/mol. The lowest BCUT2D eigenvalue weighted by atomic mass is 10.3. The first-order chi connectivity index (χ1) is 12.8. The molecular formula is C20H23N3O3. The molecule has 0 bridgehead atoms. The second-order valence-corrected chi connectivity index (χ2v) is 5.90. The molecular weight excluding hydrogens is 330 g/mol. The lowest BCUT2D eigenvalue weighted by molar-refractivity contribution is -0.121. The average Bonchev–Trinajstić information content (AvgIpc) is 3.02. The number of carbonyl (C=O) groups is 1. The Morgan fingerprint density at radius 1 is 1.12 bits per heavy atom. The molecule has 1 N–H and O–H groups in total. The second kappa shape index (κ2) is 9.01. The van der Waals surface area contributed by atoms with Gasteiger partial charge in [-0.05, 0) is 30.7 Å². The van der Waals surface area contributed by atoms with Crippen molar-refractivity contribution in [2.45, 2.75) is 19.6 Å². The highest BCUT2D eigenvalue weighted by Crippen LogP contribution is 2.18. The molecule has 0 radical (unpaired) electrons. The van der Waals surface area contributed by atoms with Gasteiger partial charge in [0, 0.05) is 20.3 Å². The lowest BCUT2D eigenvalue weighted by Crippen LogP contribution is -2.29. The third kappa shape index (κ3) is 4.61.